The second kappa shape index (κ2) is 9.37. The van der Waals surface area contributed by atoms with Crippen molar-refractivity contribution in [3.63, 3.8) is 0 Å². The van der Waals surface area contributed by atoms with Gasteiger partial charge >= 0.3 is 0 Å². The zero-order valence-electron chi connectivity index (χ0n) is 18.5. The van der Waals surface area contributed by atoms with Crippen LogP contribution in [-0.4, -0.2) is 17.5 Å². The van der Waals surface area contributed by atoms with Crippen molar-refractivity contribution in [2.45, 2.75) is 26.2 Å². The molecule has 5 heteroatoms. The molecule has 1 N–H and O–H groups in total. The summed E-state index contributed by atoms with van der Waals surface area (Å²) >= 11 is 1.40. The molecule has 0 aliphatic carbocycles. The molecular weight excluding hydrogens is 416 g/mol. The highest BCUT2D eigenvalue weighted by atomic mass is 32.1. The first kappa shape index (κ1) is 21.8. The Morgan fingerprint density at radius 3 is 2.16 bits per heavy atom. The lowest BCUT2D eigenvalue weighted by molar-refractivity contribution is -0.118. The second-order valence-electron chi connectivity index (χ2n) is 8.59. The van der Waals surface area contributed by atoms with Crippen LogP contribution < -0.4 is 10.1 Å². The molecule has 0 radical (unpaired) electrons. The van der Waals surface area contributed by atoms with Crippen LogP contribution in [0.25, 0.3) is 22.4 Å². The van der Waals surface area contributed by atoms with E-state index >= 15 is 0 Å². The Balaban J connectivity index is 1.33. The predicted octanol–water partition coefficient (Wildman–Crippen LogP) is 6.79. The average molecular weight is 443 g/mol. The number of carbonyl (C=O) groups excluding carboxylic acids is 1. The van der Waals surface area contributed by atoms with Crippen molar-refractivity contribution in [1.29, 1.82) is 0 Å². The Labute approximate surface area is 192 Å². The number of rotatable bonds is 6. The van der Waals surface area contributed by atoms with Crippen LogP contribution in [0.4, 0.5) is 5.13 Å². The molecule has 0 aliphatic rings. The maximum atomic E-state index is 12.3. The van der Waals surface area contributed by atoms with Gasteiger partial charge in [0.05, 0.1) is 5.69 Å². The van der Waals surface area contributed by atoms with Crippen molar-refractivity contribution in [3.05, 3.63) is 89.8 Å². The van der Waals surface area contributed by atoms with Gasteiger partial charge in [-0.25, -0.2) is 4.98 Å². The van der Waals surface area contributed by atoms with Gasteiger partial charge in [-0.05, 0) is 34.2 Å². The van der Waals surface area contributed by atoms with Crippen LogP contribution in [0.15, 0.2) is 84.2 Å². The lowest BCUT2D eigenvalue weighted by atomic mass is 9.87. The van der Waals surface area contributed by atoms with Crippen molar-refractivity contribution in [3.8, 4) is 28.1 Å². The fourth-order valence-corrected chi connectivity index (χ4v) is 4.02. The predicted molar refractivity (Wildman–Crippen MR) is 132 cm³/mol. The average Bonchev–Trinajstić information content (AvgIpc) is 3.26. The summed E-state index contributed by atoms with van der Waals surface area (Å²) in [6.07, 6.45) is 0. The first-order valence-corrected chi connectivity index (χ1v) is 11.4. The number of aromatic nitrogens is 1. The SMILES string of the molecule is CC(C)(C)c1ccc(OCC(=O)Nc2nc(-c3ccc(-c4ccccc4)cc3)cs2)cc1. The first-order chi connectivity index (χ1) is 15.4. The Kier molecular flexibility index (Phi) is 6.37. The van der Waals surface area contributed by atoms with Crippen LogP contribution in [0.3, 0.4) is 0 Å². The number of anilines is 1. The van der Waals surface area contributed by atoms with Gasteiger partial charge in [-0.3, -0.25) is 10.1 Å². The molecule has 4 nitrogen and oxygen atoms in total. The maximum Gasteiger partial charge on any atom is 0.264 e. The number of nitrogens with one attached hydrogen (secondary N) is 1. The molecule has 32 heavy (non-hydrogen) atoms. The van der Waals surface area contributed by atoms with Crippen LogP contribution in [0.2, 0.25) is 0 Å². The zero-order valence-corrected chi connectivity index (χ0v) is 19.3. The Hall–Kier alpha value is -3.44. The van der Waals surface area contributed by atoms with Gasteiger partial charge in [0.25, 0.3) is 5.91 Å². The van der Waals surface area contributed by atoms with Crippen LogP contribution in [0.5, 0.6) is 5.75 Å². The lowest BCUT2D eigenvalue weighted by Gasteiger charge is -2.19. The number of thiazole rings is 1. The van der Waals surface area contributed by atoms with Crippen molar-refractivity contribution in [1.82, 2.24) is 4.98 Å². The Morgan fingerprint density at radius 2 is 1.50 bits per heavy atom. The van der Waals surface area contributed by atoms with Crippen molar-refractivity contribution in [2.24, 2.45) is 0 Å². The second-order valence-corrected chi connectivity index (χ2v) is 9.45. The quantitative estimate of drug-likeness (QED) is 0.358. The lowest BCUT2D eigenvalue weighted by Crippen LogP contribution is -2.20. The molecule has 0 aliphatic heterocycles. The van der Waals surface area contributed by atoms with E-state index < -0.39 is 0 Å². The van der Waals surface area contributed by atoms with E-state index in [2.05, 4.69) is 55.3 Å². The van der Waals surface area contributed by atoms with Gasteiger partial charge in [0, 0.05) is 10.9 Å². The number of hydrogen-bond acceptors (Lipinski definition) is 4. The zero-order chi connectivity index (χ0) is 22.6. The summed E-state index contributed by atoms with van der Waals surface area (Å²) in [5, 5.41) is 5.32. The summed E-state index contributed by atoms with van der Waals surface area (Å²) in [5.41, 5.74) is 5.49. The van der Waals surface area contributed by atoms with E-state index in [0.29, 0.717) is 10.9 Å². The molecule has 0 unspecified atom stereocenters. The fourth-order valence-electron chi connectivity index (χ4n) is 3.28. The highest BCUT2D eigenvalue weighted by Crippen LogP contribution is 2.28. The largest absolute Gasteiger partial charge is 0.484 e. The number of carbonyl (C=O) groups is 1. The van der Waals surface area contributed by atoms with Crippen LogP contribution in [0, 0.1) is 0 Å². The van der Waals surface area contributed by atoms with Gasteiger partial charge in [0.1, 0.15) is 5.75 Å². The van der Waals surface area contributed by atoms with E-state index in [9.17, 15) is 4.79 Å². The molecule has 0 saturated carbocycles. The normalized spacial score (nSPS) is 11.2. The van der Waals surface area contributed by atoms with Crippen molar-refractivity contribution < 1.29 is 9.53 Å². The van der Waals surface area contributed by atoms with Gasteiger partial charge in [0.15, 0.2) is 11.7 Å². The molecule has 0 fully saturated rings. The number of benzene rings is 3. The minimum absolute atomic E-state index is 0.0600. The Morgan fingerprint density at radius 1 is 0.875 bits per heavy atom. The highest BCUT2D eigenvalue weighted by molar-refractivity contribution is 7.14. The van der Waals surface area contributed by atoms with E-state index in [4.69, 9.17) is 4.74 Å². The monoisotopic (exact) mass is 442 g/mol. The molecule has 3 aromatic carbocycles. The van der Waals surface area contributed by atoms with E-state index in [-0.39, 0.29) is 17.9 Å². The van der Waals surface area contributed by atoms with Crippen molar-refractivity contribution >= 4 is 22.4 Å². The standard InChI is InChI=1S/C27H26N2O2S/c1-27(2,3)22-13-15-23(16-14-22)31-17-25(30)29-26-28-24(18-32-26)21-11-9-20(10-12-21)19-7-5-4-6-8-19/h4-16,18H,17H2,1-3H3,(H,28,29,30). The molecule has 0 atom stereocenters. The van der Waals surface area contributed by atoms with Crippen LogP contribution in [0.1, 0.15) is 26.3 Å². The molecule has 0 spiro atoms. The van der Waals surface area contributed by atoms with E-state index in [1.54, 1.807) is 0 Å². The van der Waals surface area contributed by atoms with E-state index in [0.717, 1.165) is 16.8 Å². The van der Waals surface area contributed by atoms with Gasteiger partial charge in [-0.15, -0.1) is 11.3 Å². The summed E-state index contributed by atoms with van der Waals surface area (Å²) in [7, 11) is 0. The van der Waals surface area contributed by atoms with Gasteiger partial charge in [-0.1, -0.05) is 87.5 Å². The molecule has 0 saturated heterocycles. The van der Waals surface area contributed by atoms with E-state index in [1.807, 2.05) is 60.0 Å². The number of nitrogens with zero attached hydrogens (tertiary/aromatic N) is 1. The fraction of sp³-hybridized carbons (Fsp3) is 0.185. The summed E-state index contributed by atoms with van der Waals surface area (Å²) in [6.45, 7) is 6.43. The molecule has 1 amide bonds. The summed E-state index contributed by atoms with van der Waals surface area (Å²) < 4.78 is 5.62. The number of amides is 1. The molecule has 1 aromatic heterocycles. The first-order valence-electron chi connectivity index (χ1n) is 10.5. The summed E-state index contributed by atoms with van der Waals surface area (Å²) in [5.74, 6) is 0.441. The molecule has 0 bridgehead atoms. The molecule has 162 valence electrons. The number of hydrogen-bond donors (Lipinski definition) is 1. The minimum Gasteiger partial charge on any atom is -0.484 e. The minimum atomic E-state index is -0.231. The van der Waals surface area contributed by atoms with Crippen molar-refractivity contribution in [2.75, 3.05) is 11.9 Å². The Bertz CT molecular complexity index is 1180. The van der Waals surface area contributed by atoms with Gasteiger partial charge < -0.3 is 4.74 Å². The van der Waals surface area contributed by atoms with Crippen LogP contribution >= 0.6 is 11.3 Å². The topological polar surface area (TPSA) is 51.2 Å². The highest BCUT2D eigenvalue weighted by Gasteiger charge is 2.13. The van der Waals surface area contributed by atoms with E-state index in [1.165, 1.54) is 22.5 Å². The van der Waals surface area contributed by atoms with Crippen LogP contribution in [-0.2, 0) is 10.2 Å². The summed E-state index contributed by atoms with van der Waals surface area (Å²) in [4.78, 5) is 16.8. The molecule has 4 rings (SSSR count). The summed E-state index contributed by atoms with van der Waals surface area (Å²) in [6, 6.07) is 26.4. The molecule has 1 heterocycles. The third kappa shape index (κ3) is 5.42. The molecule has 4 aromatic rings. The smallest absolute Gasteiger partial charge is 0.264 e. The third-order valence-electron chi connectivity index (χ3n) is 5.13. The van der Waals surface area contributed by atoms with Gasteiger partial charge in [0.2, 0.25) is 0 Å². The third-order valence-corrected chi connectivity index (χ3v) is 5.89. The number of ether oxygens (including phenoxy) is 1. The maximum absolute atomic E-state index is 12.3. The molecular formula is C27H26N2O2S. The van der Waals surface area contributed by atoms with Gasteiger partial charge in [-0.2, -0.15) is 0 Å².